The van der Waals surface area contributed by atoms with Crippen LogP contribution in [0.2, 0.25) is 0 Å². The molecule has 1 aromatic rings. The molecule has 0 unspecified atom stereocenters. The van der Waals surface area contributed by atoms with Gasteiger partial charge in [-0.2, -0.15) is 0 Å². The Morgan fingerprint density at radius 3 is 2.58 bits per heavy atom. The highest BCUT2D eigenvalue weighted by Crippen LogP contribution is 2.22. The molecule has 0 bridgehead atoms. The minimum Gasteiger partial charge on any atom is -0.397 e. The van der Waals surface area contributed by atoms with Crippen LogP contribution in [0, 0.1) is 0 Å². The molecule has 0 spiro atoms. The van der Waals surface area contributed by atoms with Gasteiger partial charge in [-0.1, -0.05) is 0 Å². The molecular formula is C11H18N4O3S. The lowest BCUT2D eigenvalue weighted by Gasteiger charge is -2.10. The monoisotopic (exact) mass is 286 g/mol. The van der Waals surface area contributed by atoms with Gasteiger partial charge >= 0.3 is 0 Å². The summed E-state index contributed by atoms with van der Waals surface area (Å²) in [7, 11) is -2.16. The molecule has 1 aromatic carbocycles. The largest absolute Gasteiger partial charge is 0.397 e. The molecule has 0 heterocycles. The zero-order valence-electron chi connectivity index (χ0n) is 10.6. The summed E-state index contributed by atoms with van der Waals surface area (Å²) in [5, 5.41) is 3.02. The summed E-state index contributed by atoms with van der Waals surface area (Å²) in [4.78, 5) is 10.7. The average Bonchev–Trinajstić information content (AvgIpc) is 2.35. The number of nitrogen functional groups attached to an aromatic ring is 1. The molecule has 1 amide bonds. The Balaban J connectivity index is 2.70. The minimum absolute atomic E-state index is 0.107. The number of benzene rings is 1. The van der Waals surface area contributed by atoms with Gasteiger partial charge in [0, 0.05) is 13.0 Å². The van der Waals surface area contributed by atoms with Crippen LogP contribution in [-0.2, 0) is 14.8 Å². The van der Waals surface area contributed by atoms with Crippen molar-refractivity contribution in [3.8, 4) is 0 Å². The van der Waals surface area contributed by atoms with Gasteiger partial charge in [0.1, 0.15) is 0 Å². The van der Waals surface area contributed by atoms with Crippen molar-refractivity contribution in [2.75, 3.05) is 24.6 Å². The van der Waals surface area contributed by atoms with E-state index in [9.17, 15) is 13.2 Å². The predicted octanol–water partition coefficient (Wildman–Crippen LogP) is -0.146. The van der Waals surface area contributed by atoms with Gasteiger partial charge in [0.25, 0.3) is 0 Å². The van der Waals surface area contributed by atoms with Gasteiger partial charge in [-0.25, -0.2) is 13.1 Å². The SMILES string of the molecule is CNS(=O)(=O)c1ccc(NCCCC(N)=O)c(N)c1. The second kappa shape index (κ2) is 6.39. The normalized spacial score (nSPS) is 11.2. The first-order chi connectivity index (χ1) is 8.86. The molecule has 0 atom stereocenters. The van der Waals surface area contributed by atoms with Crippen LogP contribution in [0.3, 0.4) is 0 Å². The fourth-order valence-electron chi connectivity index (χ4n) is 1.47. The maximum absolute atomic E-state index is 11.6. The topological polar surface area (TPSA) is 127 Å². The average molecular weight is 286 g/mol. The minimum atomic E-state index is -3.49. The highest BCUT2D eigenvalue weighted by Gasteiger charge is 2.12. The van der Waals surface area contributed by atoms with Crippen molar-refractivity contribution in [3.63, 3.8) is 0 Å². The number of primary amides is 1. The Morgan fingerprint density at radius 1 is 1.37 bits per heavy atom. The van der Waals surface area contributed by atoms with Crippen LogP contribution in [0.15, 0.2) is 23.1 Å². The number of amides is 1. The van der Waals surface area contributed by atoms with Crippen LogP contribution in [-0.4, -0.2) is 27.9 Å². The van der Waals surface area contributed by atoms with Crippen molar-refractivity contribution >= 4 is 27.3 Å². The number of carbonyl (C=O) groups excluding carboxylic acids is 1. The molecule has 0 aliphatic carbocycles. The lowest BCUT2D eigenvalue weighted by atomic mass is 10.2. The van der Waals surface area contributed by atoms with E-state index in [4.69, 9.17) is 11.5 Å². The number of nitrogens with two attached hydrogens (primary N) is 2. The van der Waals surface area contributed by atoms with E-state index in [0.717, 1.165) is 0 Å². The molecule has 6 N–H and O–H groups in total. The highest BCUT2D eigenvalue weighted by atomic mass is 32.2. The van der Waals surface area contributed by atoms with Crippen molar-refractivity contribution in [3.05, 3.63) is 18.2 Å². The van der Waals surface area contributed by atoms with Crippen molar-refractivity contribution < 1.29 is 13.2 Å². The summed E-state index contributed by atoms with van der Waals surface area (Å²) in [6.07, 6.45) is 0.879. The van der Waals surface area contributed by atoms with Gasteiger partial charge in [-0.3, -0.25) is 4.79 Å². The predicted molar refractivity (Wildman–Crippen MR) is 74.0 cm³/mol. The van der Waals surface area contributed by atoms with Crippen molar-refractivity contribution in [2.45, 2.75) is 17.7 Å². The molecule has 8 heteroatoms. The van der Waals surface area contributed by atoms with Crippen LogP contribution in [0.4, 0.5) is 11.4 Å². The van der Waals surface area contributed by atoms with Crippen LogP contribution >= 0.6 is 0 Å². The lowest BCUT2D eigenvalue weighted by Crippen LogP contribution is -2.19. The molecule has 19 heavy (non-hydrogen) atoms. The quantitative estimate of drug-likeness (QED) is 0.409. The molecule has 106 valence electrons. The maximum Gasteiger partial charge on any atom is 0.240 e. The Labute approximate surface area is 112 Å². The Hall–Kier alpha value is -1.80. The molecule has 0 aliphatic heterocycles. The van der Waals surface area contributed by atoms with Crippen molar-refractivity contribution in [1.82, 2.24) is 4.72 Å². The second-order valence-electron chi connectivity index (χ2n) is 3.95. The first kappa shape index (κ1) is 15.3. The molecule has 0 aromatic heterocycles. The number of hydrogen-bond donors (Lipinski definition) is 4. The van der Waals surface area contributed by atoms with E-state index in [1.54, 1.807) is 6.07 Å². The van der Waals surface area contributed by atoms with Crippen molar-refractivity contribution in [2.24, 2.45) is 5.73 Å². The molecule has 1 rings (SSSR count). The van der Waals surface area contributed by atoms with Crippen molar-refractivity contribution in [1.29, 1.82) is 0 Å². The maximum atomic E-state index is 11.6. The van der Waals surface area contributed by atoms with Crippen LogP contribution in [0.5, 0.6) is 0 Å². The fourth-order valence-corrected chi connectivity index (χ4v) is 2.24. The van der Waals surface area contributed by atoms with Crippen LogP contribution in [0.1, 0.15) is 12.8 Å². The Bertz CT molecular complexity index is 557. The first-order valence-electron chi connectivity index (χ1n) is 5.72. The zero-order chi connectivity index (χ0) is 14.5. The molecule has 7 nitrogen and oxygen atoms in total. The van der Waals surface area contributed by atoms with E-state index >= 15 is 0 Å². The summed E-state index contributed by atoms with van der Waals surface area (Å²) in [5.74, 6) is -0.356. The third-order valence-corrected chi connectivity index (χ3v) is 3.93. The number of hydrogen-bond acceptors (Lipinski definition) is 5. The van der Waals surface area contributed by atoms with Gasteiger partial charge in [0.15, 0.2) is 0 Å². The molecule has 0 aliphatic rings. The molecule has 0 fully saturated rings. The zero-order valence-corrected chi connectivity index (χ0v) is 11.5. The summed E-state index contributed by atoms with van der Waals surface area (Å²) in [5.41, 5.74) is 11.7. The molecule has 0 saturated heterocycles. The number of rotatable bonds is 7. The summed E-state index contributed by atoms with van der Waals surface area (Å²) in [6.45, 7) is 0.533. The number of sulfonamides is 1. The standard InChI is InChI=1S/C11H18N4O3S/c1-14-19(17,18)8-4-5-10(9(12)7-8)15-6-2-3-11(13)16/h4-5,7,14-15H,2-3,6,12H2,1H3,(H2,13,16). The summed E-state index contributed by atoms with van der Waals surface area (Å²) >= 11 is 0. The van der Waals surface area contributed by atoms with Gasteiger partial charge in [0.05, 0.1) is 16.3 Å². The van der Waals surface area contributed by atoms with Gasteiger partial charge in [-0.05, 0) is 31.7 Å². The van der Waals surface area contributed by atoms with Crippen LogP contribution < -0.4 is 21.5 Å². The lowest BCUT2D eigenvalue weighted by molar-refractivity contribution is -0.118. The fraction of sp³-hybridized carbons (Fsp3) is 0.364. The van der Waals surface area contributed by atoms with E-state index < -0.39 is 10.0 Å². The van der Waals surface area contributed by atoms with E-state index in [2.05, 4.69) is 10.0 Å². The third-order valence-electron chi connectivity index (χ3n) is 2.52. The molecule has 0 radical (unpaired) electrons. The third kappa shape index (κ3) is 4.42. The molecular weight excluding hydrogens is 268 g/mol. The number of anilines is 2. The first-order valence-corrected chi connectivity index (χ1v) is 7.20. The van der Waals surface area contributed by atoms with Crippen LogP contribution in [0.25, 0.3) is 0 Å². The van der Waals surface area contributed by atoms with Gasteiger partial charge < -0.3 is 16.8 Å². The van der Waals surface area contributed by atoms with E-state index in [-0.39, 0.29) is 10.8 Å². The molecule has 0 saturated carbocycles. The van der Waals surface area contributed by atoms with Gasteiger partial charge in [-0.15, -0.1) is 0 Å². The van der Waals surface area contributed by atoms with E-state index in [1.807, 2.05) is 0 Å². The highest BCUT2D eigenvalue weighted by molar-refractivity contribution is 7.89. The summed E-state index contributed by atoms with van der Waals surface area (Å²) in [6, 6.07) is 4.42. The smallest absolute Gasteiger partial charge is 0.240 e. The number of nitrogens with one attached hydrogen (secondary N) is 2. The number of carbonyl (C=O) groups is 1. The van der Waals surface area contributed by atoms with E-state index in [1.165, 1.54) is 19.2 Å². The Morgan fingerprint density at radius 2 is 2.05 bits per heavy atom. The van der Waals surface area contributed by atoms with E-state index in [0.29, 0.717) is 30.8 Å². The Kier molecular flexibility index (Phi) is 5.13. The summed E-state index contributed by atoms with van der Waals surface area (Å²) < 4.78 is 25.3. The van der Waals surface area contributed by atoms with Gasteiger partial charge in [0.2, 0.25) is 15.9 Å². The second-order valence-corrected chi connectivity index (χ2v) is 5.84.